The summed E-state index contributed by atoms with van der Waals surface area (Å²) in [6.45, 7) is 6.10. The van der Waals surface area contributed by atoms with Gasteiger partial charge in [-0.3, -0.25) is 9.78 Å². The van der Waals surface area contributed by atoms with Crippen LogP contribution in [-0.4, -0.2) is 33.9 Å². The molecule has 4 heteroatoms. The summed E-state index contributed by atoms with van der Waals surface area (Å²) in [6, 6.07) is 13.7. The molecule has 2 aromatic heterocycles. The quantitative estimate of drug-likeness (QED) is 0.691. The number of hydrogen-bond acceptors (Lipinski definition) is 3. The molecule has 1 aliphatic heterocycles. The van der Waals surface area contributed by atoms with E-state index in [0.29, 0.717) is 11.8 Å². The van der Waals surface area contributed by atoms with Gasteiger partial charge >= 0.3 is 0 Å². The van der Waals surface area contributed by atoms with Crippen molar-refractivity contribution in [2.24, 2.45) is 11.8 Å². The third-order valence-electron chi connectivity index (χ3n) is 5.08. The summed E-state index contributed by atoms with van der Waals surface area (Å²) in [5.41, 5.74) is 3.37. The van der Waals surface area contributed by atoms with E-state index >= 15 is 0 Å². The Balaban J connectivity index is 1.81. The fourth-order valence-corrected chi connectivity index (χ4v) is 4.02. The molecule has 1 amide bonds. The van der Waals surface area contributed by atoms with Crippen LogP contribution in [0.4, 0.5) is 0 Å². The van der Waals surface area contributed by atoms with Gasteiger partial charge in [-0.05, 0) is 42.5 Å². The van der Waals surface area contributed by atoms with Crippen molar-refractivity contribution in [2.45, 2.75) is 20.3 Å². The third-order valence-corrected chi connectivity index (χ3v) is 5.08. The van der Waals surface area contributed by atoms with E-state index in [1.54, 1.807) is 12.4 Å². The van der Waals surface area contributed by atoms with Gasteiger partial charge < -0.3 is 4.90 Å². The average molecular weight is 345 g/mol. The minimum Gasteiger partial charge on any atom is -0.338 e. The number of benzene rings is 1. The molecule has 0 N–H and O–H groups in total. The lowest BCUT2D eigenvalue weighted by atomic mass is 9.91. The van der Waals surface area contributed by atoms with E-state index in [9.17, 15) is 4.79 Å². The summed E-state index contributed by atoms with van der Waals surface area (Å²) in [6.07, 6.45) is 4.69. The van der Waals surface area contributed by atoms with E-state index in [1.165, 1.54) is 6.42 Å². The number of piperidine rings is 1. The number of para-hydroxylation sites is 1. The number of amides is 1. The zero-order valence-electron chi connectivity index (χ0n) is 15.2. The highest BCUT2D eigenvalue weighted by molar-refractivity contribution is 6.07. The van der Waals surface area contributed by atoms with Crippen LogP contribution in [0.15, 0.2) is 54.9 Å². The number of hydrogen-bond donors (Lipinski definition) is 0. The summed E-state index contributed by atoms with van der Waals surface area (Å²) < 4.78 is 0. The summed E-state index contributed by atoms with van der Waals surface area (Å²) in [7, 11) is 0. The van der Waals surface area contributed by atoms with Crippen LogP contribution in [0.5, 0.6) is 0 Å². The van der Waals surface area contributed by atoms with E-state index < -0.39 is 0 Å². The summed E-state index contributed by atoms with van der Waals surface area (Å²) >= 11 is 0. The second-order valence-corrected chi connectivity index (χ2v) is 7.46. The van der Waals surface area contributed by atoms with Crippen LogP contribution >= 0.6 is 0 Å². The van der Waals surface area contributed by atoms with Crippen molar-refractivity contribution in [1.29, 1.82) is 0 Å². The van der Waals surface area contributed by atoms with Crippen molar-refractivity contribution in [1.82, 2.24) is 14.9 Å². The van der Waals surface area contributed by atoms with Gasteiger partial charge in [-0.2, -0.15) is 0 Å². The predicted octanol–water partition coefficient (Wildman–Crippen LogP) is 4.41. The first-order valence-corrected chi connectivity index (χ1v) is 9.21. The van der Waals surface area contributed by atoms with Crippen molar-refractivity contribution in [3.05, 3.63) is 60.4 Å². The molecule has 1 fully saturated rings. The van der Waals surface area contributed by atoms with E-state index in [1.807, 2.05) is 47.4 Å². The molecule has 0 unspecified atom stereocenters. The Kier molecular flexibility index (Phi) is 4.41. The van der Waals surface area contributed by atoms with Crippen molar-refractivity contribution >= 4 is 16.8 Å². The van der Waals surface area contributed by atoms with Gasteiger partial charge in [0.15, 0.2) is 0 Å². The Morgan fingerprint density at radius 3 is 2.46 bits per heavy atom. The molecule has 0 radical (unpaired) electrons. The van der Waals surface area contributed by atoms with Gasteiger partial charge in [0.25, 0.3) is 5.91 Å². The number of rotatable bonds is 2. The predicted molar refractivity (Wildman–Crippen MR) is 104 cm³/mol. The fraction of sp³-hybridized carbons (Fsp3) is 0.318. The Morgan fingerprint density at radius 2 is 1.73 bits per heavy atom. The topological polar surface area (TPSA) is 46.1 Å². The second-order valence-electron chi connectivity index (χ2n) is 7.46. The van der Waals surface area contributed by atoms with E-state index in [2.05, 4.69) is 18.8 Å². The largest absolute Gasteiger partial charge is 0.338 e. The summed E-state index contributed by atoms with van der Waals surface area (Å²) in [5.74, 6) is 1.18. The molecule has 1 saturated heterocycles. The molecule has 2 atom stereocenters. The number of pyridine rings is 2. The fourth-order valence-electron chi connectivity index (χ4n) is 4.02. The zero-order valence-corrected chi connectivity index (χ0v) is 15.2. The Morgan fingerprint density at radius 1 is 1.04 bits per heavy atom. The van der Waals surface area contributed by atoms with Crippen molar-refractivity contribution in [2.75, 3.05) is 13.1 Å². The first-order valence-electron chi connectivity index (χ1n) is 9.21. The van der Waals surface area contributed by atoms with Gasteiger partial charge in [-0.15, -0.1) is 0 Å². The van der Waals surface area contributed by atoms with E-state index in [-0.39, 0.29) is 5.91 Å². The monoisotopic (exact) mass is 345 g/mol. The average Bonchev–Trinajstić information content (AvgIpc) is 2.66. The number of likely N-dealkylation sites (tertiary alicyclic amines) is 1. The van der Waals surface area contributed by atoms with Gasteiger partial charge in [-0.25, -0.2) is 4.98 Å². The molecule has 0 spiro atoms. The number of carbonyl (C=O) groups excluding carboxylic acids is 1. The third kappa shape index (κ3) is 3.19. The number of aromatic nitrogens is 2. The minimum absolute atomic E-state index is 0.109. The first-order chi connectivity index (χ1) is 12.6. The summed E-state index contributed by atoms with van der Waals surface area (Å²) in [4.78, 5) is 24.2. The molecule has 0 saturated carbocycles. The van der Waals surface area contributed by atoms with Gasteiger partial charge in [0, 0.05) is 36.4 Å². The van der Waals surface area contributed by atoms with Crippen LogP contribution in [0.1, 0.15) is 30.6 Å². The molecule has 3 heterocycles. The molecule has 132 valence electrons. The molecule has 1 aliphatic rings. The van der Waals surface area contributed by atoms with E-state index in [0.717, 1.165) is 40.8 Å². The maximum atomic E-state index is 13.4. The van der Waals surface area contributed by atoms with Gasteiger partial charge in [0.05, 0.1) is 16.8 Å². The maximum Gasteiger partial charge on any atom is 0.254 e. The zero-order chi connectivity index (χ0) is 18.1. The normalized spacial score (nSPS) is 20.3. The van der Waals surface area contributed by atoms with Crippen LogP contribution in [0, 0.1) is 11.8 Å². The number of carbonyl (C=O) groups is 1. The Hall–Kier alpha value is -2.75. The molecular formula is C22H23N3O. The molecule has 1 aromatic carbocycles. The van der Waals surface area contributed by atoms with Crippen molar-refractivity contribution in [3.63, 3.8) is 0 Å². The molecule has 4 rings (SSSR count). The lowest BCUT2D eigenvalue weighted by molar-refractivity contribution is 0.0625. The van der Waals surface area contributed by atoms with Crippen LogP contribution in [0.2, 0.25) is 0 Å². The van der Waals surface area contributed by atoms with E-state index in [4.69, 9.17) is 4.98 Å². The standard InChI is InChI=1S/C22H23N3O/c1-15-11-16(2)14-25(13-15)22(26)19-12-21(17-7-9-23-10-8-17)24-20-6-4-3-5-18(19)20/h3-10,12,15-16H,11,13-14H2,1-2H3/t15-,16-/m0/s1. The minimum atomic E-state index is 0.109. The molecule has 0 aliphatic carbocycles. The Labute approximate surface area is 153 Å². The van der Waals surface area contributed by atoms with Gasteiger partial charge in [0.2, 0.25) is 0 Å². The van der Waals surface area contributed by atoms with Crippen LogP contribution < -0.4 is 0 Å². The summed E-state index contributed by atoms with van der Waals surface area (Å²) in [5, 5.41) is 0.918. The molecule has 0 bridgehead atoms. The van der Waals surface area contributed by atoms with Crippen LogP contribution in [0.25, 0.3) is 22.2 Å². The maximum absolute atomic E-state index is 13.4. The van der Waals surface area contributed by atoms with Gasteiger partial charge in [0.1, 0.15) is 0 Å². The second kappa shape index (κ2) is 6.87. The first kappa shape index (κ1) is 16.7. The SMILES string of the molecule is C[C@H]1C[C@H](C)CN(C(=O)c2cc(-c3ccncc3)nc3ccccc23)C1. The molecule has 26 heavy (non-hydrogen) atoms. The highest BCUT2D eigenvalue weighted by atomic mass is 16.2. The smallest absolute Gasteiger partial charge is 0.254 e. The number of fused-ring (bicyclic) bond motifs is 1. The molecular weight excluding hydrogens is 322 g/mol. The highest BCUT2D eigenvalue weighted by Crippen LogP contribution is 2.28. The van der Waals surface area contributed by atoms with Crippen LogP contribution in [-0.2, 0) is 0 Å². The van der Waals surface area contributed by atoms with Gasteiger partial charge in [-0.1, -0.05) is 32.0 Å². The number of nitrogens with zero attached hydrogens (tertiary/aromatic N) is 3. The lowest BCUT2D eigenvalue weighted by Gasteiger charge is -2.35. The molecule has 3 aromatic rings. The Bertz CT molecular complexity index is 929. The highest BCUT2D eigenvalue weighted by Gasteiger charge is 2.27. The van der Waals surface area contributed by atoms with Crippen LogP contribution in [0.3, 0.4) is 0 Å². The lowest BCUT2D eigenvalue weighted by Crippen LogP contribution is -2.42. The van der Waals surface area contributed by atoms with Crippen molar-refractivity contribution < 1.29 is 4.79 Å². The molecule has 4 nitrogen and oxygen atoms in total. The van der Waals surface area contributed by atoms with Crippen molar-refractivity contribution in [3.8, 4) is 11.3 Å².